The van der Waals surface area contributed by atoms with Crippen LogP contribution in [0.1, 0.15) is 13.3 Å². The van der Waals surface area contributed by atoms with Gasteiger partial charge in [0, 0.05) is 6.92 Å². The number of hydrogen-bond donors (Lipinski definition) is 1. The van der Waals surface area contributed by atoms with E-state index in [0.717, 1.165) is 0 Å². The van der Waals surface area contributed by atoms with Gasteiger partial charge in [-0.25, -0.2) is 0 Å². The van der Waals surface area contributed by atoms with Crippen LogP contribution >= 0.6 is 0 Å². The number of carbonyl (C=O) groups excluding carboxylic acids is 1. The molecule has 0 saturated carbocycles. The molecule has 0 aromatic heterocycles. The fraction of sp³-hybridized carbons (Fsp3) is 0.571. The Kier molecular flexibility index (Phi) is 2.06. The van der Waals surface area contributed by atoms with Crippen LogP contribution in [0.15, 0.2) is 11.8 Å². The zero-order valence-electron chi connectivity index (χ0n) is 5.96. The van der Waals surface area contributed by atoms with E-state index in [2.05, 4.69) is 0 Å². The second-order valence-electron chi connectivity index (χ2n) is 2.64. The lowest BCUT2D eigenvalue weighted by atomic mass is 10.0. The SMILES string of the molecule is CC1=CC[C@H](C(=O)[O-])C[NH2+]1. The summed E-state index contributed by atoms with van der Waals surface area (Å²) in [6, 6.07) is 0. The Balaban J connectivity index is 2.50. The lowest BCUT2D eigenvalue weighted by Crippen LogP contribution is -2.84. The predicted octanol–water partition coefficient (Wildman–Crippen LogP) is -1.78. The van der Waals surface area contributed by atoms with Crippen molar-refractivity contribution in [1.82, 2.24) is 0 Å². The maximum absolute atomic E-state index is 10.3. The average Bonchev–Trinajstić information content (AvgIpc) is 1.88. The molecule has 0 fully saturated rings. The topological polar surface area (TPSA) is 56.7 Å². The largest absolute Gasteiger partial charge is 0.550 e. The fourth-order valence-corrected chi connectivity index (χ4v) is 1.03. The van der Waals surface area contributed by atoms with Crippen LogP contribution in [0.5, 0.6) is 0 Å². The van der Waals surface area contributed by atoms with E-state index in [1.165, 1.54) is 5.70 Å². The van der Waals surface area contributed by atoms with Gasteiger partial charge >= 0.3 is 0 Å². The number of aliphatic carboxylic acids is 1. The van der Waals surface area contributed by atoms with Gasteiger partial charge in [-0.3, -0.25) is 0 Å². The zero-order valence-corrected chi connectivity index (χ0v) is 5.96. The Bertz CT molecular complexity index is 174. The number of hydrogen-bond acceptors (Lipinski definition) is 2. The molecule has 1 aliphatic rings. The highest BCUT2D eigenvalue weighted by molar-refractivity contribution is 5.68. The Hall–Kier alpha value is -0.830. The molecule has 1 aliphatic heterocycles. The average molecular weight is 141 g/mol. The van der Waals surface area contributed by atoms with Gasteiger partial charge in [-0.2, -0.15) is 0 Å². The summed E-state index contributed by atoms with van der Waals surface area (Å²) in [5.74, 6) is -1.22. The first-order valence-corrected chi connectivity index (χ1v) is 3.41. The highest BCUT2D eigenvalue weighted by atomic mass is 16.4. The van der Waals surface area contributed by atoms with Crippen molar-refractivity contribution in [2.24, 2.45) is 5.92 Å². The first-order valence-electron chi connectivity index (χ1n) is 3.41. The standard InChI is InChI=1S/C7H11NO2/c1-5-2-3-6(4-8-5)7(9)10/h2,6,8H,3-4H2,1H3,(H,9,10)/t6-/m0/s1. The molecule has 0 aromatic rings. The second kappa shape index (κ2) is 2.84. The van der Waals surface area contributed by atoms with E-state index in [-0.39, 0.29) is 5.92 Å². The van der Waals surface area contributed by atoms with Gasteiger partial charge in [0.1, 0.15) is 0 Å². The molecule has 0 spiro atoms. The van der Waals surface area contributed by atoms with E-state index in [0.29, 0.717) is 13.0 Å². The summed E-state index contributed by atoms with van der Waals surface area (Å²) >= 11 is 0. The van der Waals surface area contributed by atoms with Crippen molar-refractivity contribution in [1.29, 1.82) is 0 Å². The summed E-state index contributed by atoms with van der Waals surface area (Å²) in [4.78, 5) is 10.3. The lowest BCUT2D eigenvalue weighted by molar-refractivity contribution is -0.615. The highest BCUT2D eigenvalue weighted by Gasteiger charge is 2.15. The molecule has 0 aromatic carbocycles. The summed E-state index contributed by atoms with van der Waals surface area (Å²) in [6.45, 7) is 2.61. The quantitative estimate of drug-likeness (QED) is 0.469. The first kappa shape index (κ1) is 7.28. The van der Waals surface area contributed by atoms with Gasteiger partial charge in [-0.1, -0.05) is 0 Å². The molecule has 0 aliphatic carbocycles. The summed E-state index contributed by atoms with van der Waals surface area (Å²) in [7, 11) is 0. The molecule has 3 heteroatoms. The number of nitrogens with two attached hydrogens (primary N) is 1. The summed E-state index contributed by atoms with van der Waals surface area (Å²) in [5.41, 5.74) is 1.18. The Morgan fingerprint density at radius 1 is 1.90 bits per heavy atom. The minimum Gasteiger partial charge on any atom is -0.550 e. The summed E-state index contributed by atoms with van der Waals surface area (Å²) in [6.07, 6.45) is 2.56. The van der Waals surface area contributed by atoms with Gasteiger partial charge in [-0.05, 0) is 12.5 Å². The highest BCUT2D eigenvalue weighted by Crippen LogP contribution is 2.04. The molecule has 0 radical (unpaired) electrons. The predicted molar refractivity (Wildman–Crippen MR) is 33.7 cm³/mol. The molecule has 0 saturated heterocycles. The number of rotatable bonds is 1. The van der Waals surface area contributed by atoms with Crippen LogP contribution in [0.4, 0.5) is 0 Å². The van der Waals surface area contributed by atoms with Gasteiger partial charge in [-0.15, -0.1) is 0 Å². The van der Waals surface area contributed by atoms with Crippen molar-refractivity contribution in [3.05, 3.63) is 11.8 Å². The Morgan fingerprint density at radius 2 is 2.60 bits per heavy atom. The van der Waals surface area contributed by atoms with Crippen molar-refractivity contribution < 1.29 is 15.2 Å². The fourth-order valence-electron chi connectivity index (χ4n) is 1.03. The van der Waals surface area contributed by atoms with Crippen LogP contribution in [0.2, 0.25) is 0 Å². The van der Waals surface area contributed by atoms with E-state index < -0.39 is 5.97 Å². The van der Waals surface area contributed by atoms with E-state index in [9.17, 15) is 9.90 Å². The van der Waals surface area contributed by atoms with Crippen molar-refractivity contribution >= 4 is 5.97 Å². The van der Waals surface area contributed by atoms with Crippen molar-refractivity contribution in [2.75, 3.05) is 6.54 Å². The number of quaternary nitrogens is 1. The van der Waals surface area contributed by atoms with Gasteiger partial charge in [0.15, 0.2) is 0 Å². The van der Waals surface area contributed by atoms with E-state index in [1.54, 1.807) is 0 Å². The third-order valence-corrected chi connectivity index (χ3v) is 1.78. The van der Waals surface area contributed by atoms with Gasteiger partial charge in [0.05, 0.1) is 24.1 Å². The number of carboxylic acid groups (broad SMARTS) is 1. The molecule has 1 heterocycles. The number of carbonyl (C=O) groups is 1. The third-order valence-electron chi connectivity index (χ3n) is 1.78. The lowest BCUT2D eigenvalue weighted by Gasteiger charge is -2.18. The minimum atomic E-state index is -0.931. The number of allylic oxidation sites excluding steroid dienone is 2. The van der Waals surface area contributed by atoms with Crippen LogP contribution in [0, 0.1) is 5.92 Å². The van der Waals surface area contributed by atoms with Crippen molar-refractivity contribution in [3.63, 3.8) is 0 Å². The minimum absolute atomic E-state index is 0.288. The molecule has 0 bridgehead atoms. The first-order chi connectivity index (χ1) is 4.70. The molecule has 0 amide bonds. The molecule has 2 N–H and O–H groups in total. The molecular formula is C7H11NO2. The van der Waals surface area contributed by atoms with Crippen LogP contribution in [0.3, 0.4) is 0 Å². The summed E-state index contributed by atoms with van der Waals surface area (Å²) < 4.78 is 0. The van der Waals surface area contributed by atoms with Crippen LogP contribution in [-0.4, -0.2) is 12.5 Å². The van der Waals surface area contributed by atoms with Crippen LogP contribution < -0.4 is 10.4 Å². The van der Waals surface area contributed by atoms with Crippen LogP contribution in [-0.2, 0) is 4.79 Å². The van der Waals surface area contributed by atoms with Gasteiger partial charge in [0.2, 0.25) is 0 Å². The van der Waals surface area contributed by atoms with E-state index >= 15 is 0 Å². The Morgan fingerprint density at radius 3 is 3.00 bits per heavy atom. The second-order valence-corrected chi connectivity index (χ2v) is 2.64. The normalized spacial score (nSPS) is 25.7. The molecule has 1 rings (SSSR count). The monoisotopic (exact) mass is 141 g/mol. The molecule has 3 nitrogen and oxygen atoms in total. The molecule has 56 valence electrons. The summed E-state index contributed by atoms with van der Waals surface area (Å²) in [5, 5.41) is 12.2. The third kappa shape index (κ3) is 1.57. The molecule has 0 unspecified atom stereocenters. The molecular weight excluding hydrogens is 130 g/mol. The van der Waals surface area contributed by atoms with Crippen molar-refractivity contribution in [3.8, 4) is 0 Å². The van der Waals surface area contributed by atoms with Crippen LogP contribution in [0.25, 0.3) is 0 Å². The smallest absolute Gasteiger partial charge is 0.0983 e. The maximum Gasteiger partial charge on any atom is 0.0983 e. The van der Waals surface area contributed by atoms with Gasteiger partial charge in [0.25, 0.3) is 0 Å². The van der Waals surface area contributed by atoms with Gasteiger partial charge < -0.3 is 15.2 Å². The van der Waals surface area contributed by atoms with E-state index in [1.807, 2.05) is 18.3 Å². The molecule has 10 heavy (non-hydrogen) atoms. The number of carboxylic acids is 1. The van der Waals surface area contributed by atoms with Crippen molar-refractivity contribution in [2.45, 2.75) is 13.3 Å². The Labute approximate surface area is 59.7 Å². The maximum atomic E-state index is 10.3. The zero-order chi connectivity index (χ0) is 7.56. The molecule has 1 atom stereocenters. The van der Waals surface area contributed by atoms with E-state index in [4.69, 9.17) is 0 Å².